The summed E-state index contributed by atoms with van der Waals surface area (Å²) in [6, 6.07) is 1.95. The van der Waals surface area contributed by atoms with E-state index in [1.54, 1.807) is 0 Å². The van der Waals surface area contributed by atoms with Crippen LogP contribution < -0.4 is 5.73 Å². The van der Waals surface area contributed by atoms with Crippen molar-refractivity contribution in [1.82, 2.24) is 4.90 Å². The van der Waals surface area contributed by atoms with Gasteiger partial charge in [0.1, 0.15) is 0 Å². The van der Waals surface area contributed by atoms with Crippen molar-refractivity contribution >= 4 is 21.8 Å². The Morgan fingerprint density at radius 3 is 2.94 bits per heavy atom. The lowest BCUT2D eigenvalue weighted by Crippen LogP contribution is -2.49. The summed E-state index contributed by atoms with van der Waals surface area (Å²) in [5, 5.41) is 0. The average Bonchev–Trinajstić information content (AvgIpc) is 2.67. The van der Waals surface area contributed by atoms with Gasteiger partial charge in [0.25, 0.3) is 5.91 Å². The van der Waals surface area contributed by atoms with Crippen molar-refractivity contribution in [3.05, 3.63) is 22.1 Å². The maximum Gasteiger partial charge on any atom is 0.290 e. The largest absolute Gasteiger partial charge is 0.444 e. The number of aryl methyl sites for hydroxylation is 1. The number of nitrogens with zero attached hydrogens (tertiary/aromatic N) is 1. The van der Waals surface area contributed by atoms with E-state index >= 15 is 0 Å². The zero-order valence-corrected chi connectivity index (χ0v) is 12.4. The van der Waals surface area contributed by atoms with E-state index in [0.29, 0.717) is 22.9 Å². The first-order chi connectivity index (χ1) is 8.52. The minimum Gasteiger partial charge on any atom is -0.444 e. The highest BCUT2D eigenvalue weighted by Crippen LogP contribution is 2.26. The second-order valence-electron chi connectivity index (χ2n) is 5.08. The number of furan rings is 1. The Labute approximate surface area is 116 Å². The molecule has 1 saturated heterocycles. The zero-order valence-electron chi connectivity index (χ0n) is 10.8. The van der Waals surface area contributed by atoms with E-state index in [4.69, 9.17) is 10.2 Å². The minimum absolute atomic E-state index is 0.0412. The Bertz CT molecular complexity index is 444. The van der Waals surface area contributed by atoms with Gasteiger partial charge in [-0.2, -0.15) is 0 Å². The molecule has 2 atom stereocenters. The smallest absolute Gasteiger partial charge is 0.290 e. The van der Waals surface area contributed by atoms with Crippen LogP contribution in [0.1, 0.15) is 35.9 Å². The van der Waals surface area contributed by atoms with Crippen LogP contribution in [0, 0.1) is 12.8 Å². The molecule has 5 heteroatoms. The Morgan fingerprint density at radius 2 is 2.39 bits per heavy atom. The van der Waals surface area contributed by atoms with Gasteiger partial charge in [-0.1, -0.05) is 6.92 Å². The number of likely N-dealkylation sites (tertiary alicyclic amines) is 1. The van der Waals surface area contributed by atoms with Crippen molar-refractivity contribution in [3.8, 4) is 0 Å². The van der Waals surface area contributed by atoms with Gasteiger partial charge in [0, 0.05) is 24.7 Å². The Kier molecular flexibility index (Phi) is 4.12. The fourth-order valence-electron chi connectivity index (χ4n) is 2.53. The van der Waals surface area contributed by atoms with Crippen LogP contribution in [0.5, 0.6) is 0 Å². The van der Waals surface area contributed by atoms with E-state index in [1.165, 1.54) is 0 Å². The molecule has 0 spiro atoms. The molecule has 0 bridgehead atoms. The molecule has 1 fully saturated rings. The van der Waals surface area contributed by atoms with Gasteiger partial charge >= 0.3 is 0 Å². The lowest BCUT2D eigenvalue weighted by Gasteiger charge is -2.37. The van der Waals surface area contributed by atoms with Crippen molar-refractivity contribution < 1.29 is 9.21 Å². The highest BCUT2D eigenvalue weighted by Gasteiger charge is 2.31. The standard InChI is InChI=1S/C13H19BrN2O2/c1-8-3-4-16(10(5-8)7-15)13(17)12-9(2)6-11(14)18-12/h6,8,10H,3-5,7,15H2,1-2H3. The van der Waals surface area contributed by atoms with E-state index in [9.17, 15) is 4.79 Å². The summed E-state index contributed by atoms with van der Waals surface area (Å²) in [6.07, 6.45) is 2.01. The van der Waals surface area contributed by atoms with E-state index in [2.05, 4.69) is 22.9 Å². The lowest BCUT2D eigenvalue weighted by molar-refractivity contribution is 0.0539. The molecule has 0 aliphatic carbocycles. The van der Waals surface area contributed by atoms with E-state index in [0.717, 1.165) is 24.9 Å². The molecule has 0 aromatic carbocycles. The fourth-order valence-corrected chi connectivity index (χ4v) is 3.03. The molecule has 100 valence electrons. The predicted molar refractivity (Wildman–Crippen MR) is 73.4 cm³/mol. The van der Waals surface area contributed by atoms with Crippen LogP contribution in [0.3, 0.4) is 0 Å². The maximum atomic E-state index is 12.5. The van der Waals surface area contributed by atoms with Crippen molar-refractivity contribution in [3.63, 3.8) is 0 Å². The van der Waals surface area contributed by atoms with Crippen LogP contribution in [-0.4, -0.2) is 29.9 Å². The van der Waals surface area contributed by atoms with Gasteiger partial charge < -0.3 is 15.1 Å². The van der Waals surface area contributed by atoms with E-state index in [-0.39, 0.29) is 11.9 Å². The molecule has 1 aliphatic heterocycles. The van der Waals surface area contributed by atoms with E-state index in [1.807, 2.05) is 17.9 Å². The summed E-state index contributed by atoms with van der Waals surface area (Å²) in [5.41, 5.74) is 6.64. The highest BCUT2D eigenvalue weighted by atomic mass is 79.9. The molecule has 0 saturated carbocycles. The molecule has 4 nitrogen and oxygen atoms in total. The van der Waals surface area contributed by atoms with Crippen LogP contribution >= 0.6 is 15.9 Å². The monoisotopic (exact) mass is 314 g/mol. The van der Waals surface area contributed by atoms with Gasteiger partial charge in [0.15, 0.2) is 10.4 Å². The molecule has 1 amide bonds. The zero-order chi connectivity index (χ0) is 13.3. The van der Waals surface area contributed by atoms with Gasteiger partial charge in [-0.15, -0.1) is 0 Å². The number of carbonyl (C=O) groups excluding carboxylic acids is 1. The third-order valence-electron chi connectivity index (χ3n) is 3.59. The molecule has 2 rings (SSSR count). The third-order valence-corrected chi connectivity index (χ3v) is 3.98. The normalized spacial score (nSPS) is 24.3. The molecule has 18 heavy (non-hydrogen) atoms. The molecule has 2 heterocycles. The molecular weight excluding hydrogens is 296 g/mol. The summed E-state index contributed by atoms with van der Waals surface area (Å²) in [6.45, 7) is 5.36. The molecule has 1 aliphatic rings. The number of halogens is 1. The van der Waals surface area contributed by atoms with Gasteiger partial charge in [-0.3, -0.25) is 4.79 Å². The first-order valence-electron chi connectivity index (χ1n) is 6.30. The number of nitrogens with two attached hydrogens (primary N) is 1. The van der Waals surface area contributed by atoms with Crippen molar-refractivity contribution in [2.24, 2.45) is 11.7 Å². The van der Waals surface area contributed by atoms with Crippen molar-refractivity contribution in [1.29, 1.82) is 0 Å². The Hall–Kier alpha value is -0.810. The molecule has 1 aromatic rings. The fraction of sp³-hybridized carbons (Fsp3) is 0.615. The van der Waals surface area contributed by atoms with Gasteiger partial charge in [0.05, 0.1) is 0 Å². The third kappa shape index (κ3) is 2.62. The number of piperidine rings is 1. The number of carbonyl (C=O) groups is 1. The molecule has 2 unspecified atom stereocenters. The van der Waals surface area contributed by atoms with Crippen LogP contribution in [0.2, 0.25) is 0 Å². The Balaban J connectivity index is 2.20. The second kappa shape index (κ2) is 5.45. The number of hydrogen-bond acceptors (Lipinski definition) is 3. The topological polar surface area (TPSA) is 59.5 Å². The van der Waals surface area contributed by atoms with Gasteiger partial charge in [-0.05, 0) is 47.7 Å². The first-order valence-corrected chi connectivity index (χ1v) is 7.09. The summed E-state index contributed by atoms with van der Waals surface area (Å²) in [4.78, 5) is 14.3. The van der Waals surface area contributed by atoms with Gasteiger partial charge in [-0.25, -0.2) is 0 Å². The molecule has 0 radical (unpaired) electrons. The second-order valence-corrected chi connectivity index (χ2v) is 5.86. The van der Waals surface area contributed by atoms with E-state index < -0.39 is 0 Å². The first kappa shape index (κ1) is 13.6. The molecule has 2 N–H and O–H groups in total. The van der Waals surface area contributed by atoms with Gasteiger partial charge in [0.2, 0.25) is 0 Å². The summed E-state index contributed by atoms with van der Waals surface area (Å²) >= 11 is 3.25. The average molecular weight is 315 g/mol. The Morgan fingerprint density at radius 1 is 1.67 bits per heavy atom. The van der Waals surface area contributed by atoms with Crippen LogP contribution in [0.15, 0.2) is 15.2 Å². The number of amides is 1. The minimum atomic E-state index is -0.0412. The summed E-state index contributed by atoms with van der Waals surface area (Å²) < 4.78 is 6.03. The predicted octanol–water partition coefficient (Wildman–Crippen LogP) is 2.55. The molecular formula is C13H19BrN2O2. The number of rotatable bonds is 2. The quantitative estimate of drug-likeness (QED) is 0.912. The summed E-state index contributed by atoms with van der Waals surface area (Å²) in [7, 11) is 0. The van der Waals surface area contributed by atoms with Crippen molar-refractivity contribution in [2.45, 2.75) is 32.7 Å². The van der Waals surface area contributed by atoms with Crippen LogP contribution in [-0.2, 0) is 0 Å². The highest BCUT2D eigenvalue weighted by molar-refractivity contribution is 9.10. The summed E-state index contributed by atoms with van der Waals surface area (Å²) in [5.74, 6) is 1.02. The lowest BCUT2D eigenvalue weighted by atomic mass is 9.92. The SMILES string of the molecule is Cc1cc(Br)oc1C(=O)N1CCC(C)CC1CN. The van der Waals surface area contributed by atoms with Crippen molar-refractivity contribution in [2.75, 3.05) is 13.1 Å². The number of hydrogen-bond donors (Lipinski definition) is 1. The van der Waals surface area contributed by atoms with Crippen LogP contribution in [0.4, 0.5) is 0 Å². The maximum absolute atomic E-state index is 12.5. The molecule has 1 aromatic heterocycles. The van der Waals surface area contributed by atoms with Crippen LogP contribution in [0.25, 0.3) is 0 Å².